The molecule has 0 aromatic carbocycles. The van der Waals surface area contributed by atoms with Crippen LogP contribution in [0.25, 0.3) is 0 Å². The molecule has 3 fully saturated rings. The van der Waals surface area contributed by atoms with E-state index in [0.29, 0.717) is 12.8 Å². The third kappa shape index (κ3) is 38.7. The van der Waals surface area contributed by atoms with Crippen LogP contribution in [0.15, 0.2) is 36.5 Å². The molecule has 3 rings (SSSR count). The lowest BCUT2D eigenvalue weighted by molar-refractivity contribution is -0.360. The van der Waals surface area contributed by atoms with Crippen molar-refractivity contribution in [2.75, 3.05) is 26.4 Å². The average Bonchev–Trinajstić information content (AvgIpc) is 0.762. The normalized spacial score (nSPS) is 27.7. The third-order valence-electron chi connectivity index (χ3n) is 18.7. The molecule has 99 heavy (non-hydrogen) atoms. The SMILES string of the molecule is CCCCCCCCC/C=C\CCCCCC(=O)OCC(COP(=O)(O)OC1C(OC2OC(CO)C(O)C(O)C2O)C(O)C(O)C(O)C1OC1OC(COC(=O)/C=C/C=C/CCCCCCCCCCCCC)C(O)C(O)C1O)OC(=O)CCCCCCCCCCCCCCCCC. The Hall–Kier alpha value is -2.82. The van der Waals surface area contributed by atoms with Gasteiger partial charge in [-0.2, -0.15) is 0 Å². The number of rotatable bonds is 59. The number of hydrogen-bond donors (Lipinski definition) is 11. The van der Waals surface area contributed by atoms with Gasteiger partial charge < -0.3 is 89.1 Å². The molecule has 2 aliphatic heterocycles. The number of phosphoric acid groups is 1. The zero-order valence-electron chi connectivity index (χ0n) is 60.3. The Morgan fingerprint density at radius 1 is 0.414 bits per heavy atom. The lowest BCUT2D eigenvalue weighted by Gasteiger charge is -2.49. The Labute approximate surface area is 591 Å². The van der Waals surface area contributed by atoms with Gasteiger partial charge in [-0.05, 0) is 51.4 Å². The second kappa shape index (κ2) is 55.6. The smallest absolute Gasteiger partial charge is 0.462 e. The first-order chi connectivity index (χ1) is 47.8. The minimum absolute atomic E-state index is 0.0233. The van der Waals surface area contributed by atoms with Crippen LogP contribution in [0.5, 0.6) is 0 Å². The van der Waals surface area contributed by atoms with Crippen molar-refractivity contribution in [2.45, 2.75) is 388 Å². The molecule has 18 atom stereocenters. The predicted molar refractivity (Wildman–Crippen MR) is 374 cm³/mol. The summed E-state index contributed by atoms with van der Waals surface area (Å²) in [6, 6.07) is 0. The fourth-order valence-electron chi connectivity index (χ4n) is 12.5. The van der Waals surface area contributed by atoms with Gasteiger partial charge in [0.05, 0.1) is 13.2 Å². The first-order valence-electron chi connectivity index (χ1n) is 38.3. The van der Waals surface area contributed by atoms with E-state index in [9.17, 15) is 74.9 Å². The Balaban J connectivity index is 1.75. The lowest BCUT2D eigenvalue weighted by atomic mass is 9.84. The van der Waals surface area contributed by atoms with Gasteiger partial charge in [0.15, 0.2) is 18.7 Å². The van der Waals surface area contributed by atoms with Crippen molar-refractivity contribution in [3.05, 3.63) is 36.5 Å². The van der Waals surface area contributed by atoms with Crippen molar-refractivity contribution in [2.24, 2.45) is 0 Å². The van der Waals surface area contributed by atoms with E-state index in [-0.39, 0.29) is 12.8 Å². The van der Waals surface area contributed by atoms with Crippen LogP contribution < -0.4 is 0 Å². The zero-order chi connectivity index (χ0) is 72.5. The van der Waals surface area contributed by atoms with Gasteiger partial charge in [0.1, 0.15) is 98.7 Å². The number of aliphatic hydroxyl groups is 10. The molecule has 0 radical (unpaired) electrons. The van der Waals surface area contributed by atoms with Crippen molar-refractivity contribution in [3.63, 3.8) is 0 Å². The maximum atomic E-state index is 14.3. The molecule has 0 spiro atoms. The minimum atomic E-state index is -5.71. The highest BCUT2D eigenvalue weighted by Crippen LogP contribution is 2.49. The molecule has 1 saturated carbocycles. The van der Waals surface area contributed by atoms with Crippen LogP contribution >= 0.6 is 7.82 Å². The van der Waals surface area contributed by atoms with E-state index in [1.165, 1.54) is 154 Å². The molecule has 18 unspecified atom stereocenters. The van der Waals surface area contributed by atoms with Crippen LogP contribution in [0, 0.1) is 0 Å². The Bertz CT molecular complexity index is 2190. The fourth-order valence-corrected chi connectivity index (χ4v) is 13.5. The van der Waals surface area contributed by atoms with E-state index in [0.717, 1.165) is 96.0 Å². The van der Waals surface area contributed by atoms with Gasteiger partial charge in [-0.3, -0.25) is 18.6 Å². The number of ether oxygens (including phenoxy) is 7. The Kier molecular flexibility index (Phi) is 50.8. The zero-order valence-corrected chi connectivity index (χ0v) is 61.2. The summed E-state index contributed by atoms with van der Waals surface area (Å²) in [5.74, 6) is -2.24. The van der Waals surface area contributed by atoms with E-state index in [2.05, 4.69) is 32.9 Å². The Morgan fingerprint density at radius 2 is 0.788 bits per heavy atom. The van der Waals surface area contributed by atoms with Crippen LogP contribution in [0.2, 0.25) is 0 Å². The average molecular weight is 1440 g/mol. The van der Waals surface area contributed by atoms with E-state index < -0.39 is 156 Å². The van der Waals surface area contributed by atoms with Crippen LogP contribution in [0.1, 0.15) is 284 Å². The largest absolute Gasteiger partial charge is 0.472 e. The van der Waals surface area contributed by atoms with E-state index in [1.807, 2.05) is 6.08 Å². The first kappa shape index (κ1) is 90.4. The van der Waals surface area contributed by atoms with Crippen LogP contribution in [-0.4, -0.2) is 204 Å². The number of hydrogen-bond acceptors (Lipinski definition) is 23. The van der Waals surface area contributed by atoms with E-state index in [4.69, 9.17) is 42.2 Å². The second-order valence-corrected chi connectivity index (χ2v) is 28.8. The highest BCUT2D eigenvalue weighted by atomic mass is 31.2. The highest BCUT2D eigenvalue weighted by molar-refractivity contribution is 7.47. The minimum Gasteiger partial charge on any atom is -0.462 e. The van der Waals surface area contributed by atoms with Crippen LogP contribution in [-0.2, 0) is 61.2 Å². The van der Waals surface area contributed by atoms with Gasteiger partial charge in [-0.25, -0.2) is 9.36 Å². The molecule has 0 aromatic heterocycles. The molecule has 11 N–H and O–H groups in total. The number of carbonyl (C=O) groups excluding carboxylic acids is 3. The van der Waals surface area contributed by atoms with E-state index >= 15 is 0 Å². The molecule has 2 saturated heterocycles. The van der Waals surface area contributed by atoms with Crippen LogP contribution in [0.4, 0.5) is 0 Å². The summed E-state index contributed by atoms with van der Waals surface area (Å²) in [7, 11) is -5.71. The molecule has 25 heteroatoms. The highest BCUT2D eigenvalue weighted by Gasteiger charge is 2.58. The summed E-state index contributed by atoms with van der Waals surface area (Å²) in [6.45, 7) is 3.35. The molecule has 24 nitrogen and oxygen atoms in total. The molecule has 2 heterocycles. The molecule has 578 valence electrons. The maximum Gasteiger partial charge on any atom is 0.472 e. The molecule has 0 aromatic rings. The van der Waals surface area contributed by atoms with Gasteiger partial charge in [-0.1, -0.05) is 250 Å². The summed E-state index contributed by atoms with van der Waals surface area (Å²) >= 11 is 0. The second-order valence-electron chi connectivity index (χ2n) is 27.4. The first-order valence-corrected chi connectivity index (χ1v) is 39.8. The predicted octanol–water partition coefficient (Wildman–Crippen LogP) is 10.7. The number of carbonyl (C=O) groups is 3. The number of phosphoric ester groups is 1. The van der Waals surface area contributed by atoms with Gasteiger partial charge in [0, 0.05) is 18.9 Å². The number of unbranched alkanes of at least 4 members (excludes halogenated alkanes) is 35. The summed E-state index contributed by atoms with van der Waals surface area (Å²) in [5.41, 5.74) is 0. The molecular weight excluding hydrogens is 1300 g/mol. The summed E-state index contributed by atoms with van der Waals surface area (Å²) < 4.78 is 64.8. The fraction of sp³-hybridized carbons (Fsp3) is 0.878. The van der Waals surface area contributed by atoms with Gasteiger partial charge >= 0.3 is 25.7 Å². The molecule has 3 aliphatic rings. The standard InChI is InChI=1S/C74H133O24P/c1-4-7-10-13-16-19-22-25-28-31-34-37-40-43-46-49-59(77)91-54-57-62(80)64(82)69(87)74(95-57)97-71-67(85)65(83)66(84)70(96-73-68(86)63(81)61(79)56(51-75)94-73)72(71)98-99(88,89)92-53-55(52-90-58(76)48-45-42-39-36-33-30-27-24-21-18-15-12-9-6-3)93-60(78)50-47-44-41-38-35-32-29-26-23-20-17-14-11-8-5-2/h30,33,40,43,46,49,55-57,61-75,79-87H,4-29,31-32,34-39,41-42,44-45,47-48,50-54H2,1-3H3,(H,88,89)/b33-30-,43-40+,49-46+. The van der Waals surface area contributed by atoms with Gasteiger partial charge in [-0.15, -0.1) is 0 Å². The summed E-state index contributed by atoms with van der Waals surface area (Å²) in [4.78, 5) is 50.9. The van der Waals surface area contributed by atoms with E-state index in [1.54, 1.807) is 6.08 Å². The topological polar surface area (TPSA) is 374 Å². The molecule has 0 amide bonds. The number of aliphatic hydroxyl groups excluding tert-OH is 10. The number of esters is 3. The molecular formula is C74H133O24P. The lowest BCUT2D eigenvalue weighted by Crippen LogP contribution is -2.69. The van der Waals surface area contributed by atoms with Crippen molar-refractivity contribution < 1.29 is 117 Å². The molecule has 0 bridgehead atoms. The summed E-state index contributed by atoms with van der Waals surface area (Å²) in [5, 5.41) is 110. The monoisotopic (exact) mass is 1440 g/mol. The van der Waals surface area contributed by atoms with Crippen molar-refractivity contribution in [1.29, 1.82) is 0 Å². The van der Waals surface area contributed by atoms with Crippen molar-refractivity contribution >= 4 is 25.7 Å². The summed E-state index contributed by atoms with van der Waals surface area (Å²) in [6.07, 6.45) is 18.4. The van der Waals surface area contributed by atoms with Crippen LogP contribution in [0.3, 0.4) is 0 Å². The third-order valence-corrected chi connectivity index (χ3v) is 19.7. The Morgan fingerprint density at radius 3 is 1.23 bits per heavy atom. The maximum absolute atomic E-state index is 14.3. The number of allylic oxidation sites excluding steroid dienone is 5. The van der Waals surface area contributed by atoms with Gasteiger partial charge in [0.25, 0.3) is 0 Å². The van der Waals surface area contributed by atoms with Crippen molar-refractivity contribution in [3.8, 4) is 0 Å². The van der Waals surface area contributed by atoms with Gasteiger partial charge in [0.2, 0.25) is 0 Å². The van der Waals surface area contributed by atoms with Crippen molar-refractivity contribution in [1.82, 2.24) is 0 Å². The quantitative estimate of drug-likeness (QED) is 0.00512. The molecule has 1 aliphatic carbocycles.